The van der Waals surface area contributed by atoms with Crippen molar-refractivity contribution in [3.8, 4) is 5.88 Å². The number of rotatable bonds is 5. The van der Waals surface area contributed by atoms with Gasteiger partial charge in [-0.1, -0.05) is 0 Å². The zero-order valence-electron chi connectivity index (χ0n) is 14.0. The average Bonchev–Trinajstić information content (AvgIpc) is 3.15. The number of nitrogens with zero attached hydrogens (tertiary/aromatic N) is 2. The molecule has 3 rings (SSSR count). The van der Waals surface area contributed by atoms with Gasteiger partial charge in [0.05, 0.1) is 16.6 Å². The van der Waals surface area contributed by atoms with E-state index in [1.54, 1.807) is 6.92 Å². The third-order valence-electron chi connectivity index (χ3n) is 4.47. The number of pyridine rings is 1. The second-order valence-corrected chi connectivity index (χ2v) is 6.83. The van der Waals surface area contributed by atoms with Crippen LogP contribution in [-0.4, -0.2) is 28.2 Å². The Hall–Kier alpha value is -1.60. The highest BCUT2D eigenvalue weighted by molar-refractivity contribution is 9.10. The first-order valence-corrected chi connectivity index (χ1v) is 9.07. The third kappa shape index (κ3) is 3.02. The smallest absolute Gasteiger partial charge is 0.342 e. The number of halogens is 1. The molecule has 1 aliphatic carbocycles. The molecule has 1 aliphatic rings. The fraction of sp³-hybridized carbons (Fsp3) is 0.529. The van der Waals surface area contributed by atoms with Gasteiger partial charge in [0.15, 0.2) is 0 Å². The van der Waals surface area contributed by atoms with Gasteiger partial charge in [-0.3, -0.25) is 0 Å². The fourth-order valence-corrected chi connectivity index (χ4v) is 3.65. The maximum Gasteiger partial charge on any atom is 0.342 e. The molecule has 7 heteroatoms. The standard InChI is InChI=1S/C17H22BrN3O3/c1-3-23-17(22)14-13(9-19)21(2)12-8-11(18)16(20-15(12)14)24-10-6-4-5-7-10/h8,10H,3-7,9,19H2,1-2H3. The number of carbonyl (C=O) groups is 1. The number of esters is 1. The summed E-state index contributed by atoms with van der Waals surface area (Å²) in [5.74, 6) is 0.124. The van der Waals surface area contributed by atoms with Crippen LogP contribution in [0.4, 0.5) is 0 Å². The normalized spacial score (nSPS) is 15.2. The summed E-state index contributed by atoms with van der Waals surface area (Å²) in [6, 6.07) is 1.93. The van der Waals surface area contributed by atoms with Crippen LogP contribution < -0.4 is 10.5 Å². The maximum absolute atomic E-state index is 12.4. The zero-order valence-corrected chi connectivity index (χ0v) is 15.6. The average molecular weight is 396 g/mol. The largest absolute Gasteiger partial charge is 0.474 e. The van der Waals surface area contributed by atoms with Gasteiger partial charge in [0, 0.05) is 19.3 Å². The van der Waals surface area contributed by atoms with Gasteiger partial charge in [-0.25, -0.2) is 9.78 Å². The number of hydrogen-bond acceptors (Lipinski definition) is 5. The molecule has 2 N–H and O–H groups in total. The quantitative estimate of drug-likeness (QED) is 0.785. The van der Waals surface area contributed by atoms with Crippen molar-refractivity contribution in [2.75, 3.05) is 6.61 Å². The molecule has 2 aromatic heterocycles. The topological polar surface area (TPSA) is 79.4 Å². The summed E-state index contributed by atoms with van der Waals surface area (Å²) in [5.41, 5.74) is 8.40. The third-order valence-corrected chi connectivity index (χ3v) is 5.04. The van der Waals surface area contributed by atoms with Gasteiger partial charge in [0.2, 0.25) is 5.88 Å². The summed E-state index contributed by atoms with van der Waals surface area (Å²) in [5, 5.41) is 0. The molecule has 0 amide bonds. The minimum Gasteiger partial charge on any atom is -0.474 e. The van der Waals surface area contributed by atoms with Crippen molar-refractivity contribution in [1.82, 2.24) is 9.55 Å². The van der Waals surface area contributed by atoms with E-state index < -0.39 is 5.97 Å². The van der Waals surface area contributed by atoms with Crippen molar-refractivity contribution in [3.05, 3.63) is 21.8 Å². The number of ether oxygens (including phenoxy) is 2. The minimum absolute atomic E-state index is 0.190. The zero-order chi connectivity index (χ0) is 17.3. The van der Waals surface area contributed by atoms with Gasteiger partial charge in [-0.05, 0) is 54.6 Å². The second-order valence-electron chi connectivity index (χ2n) is 5.97. The van der Waals surface area contributed by atoms with Crippen molar-refractivity contribution in [2.45, 2.75) is 45.3 Å². The molecule has 2 heterocycles. The highest BCUT2D eigenvalue weighted by Crippen LogP contribution is 2.34. The van der Waals surface area contributed by atoms with E-state index >= 15 is 0 Å². The van der Waals surface area contributed by atoms with Gasteiger partial charge in [-0.15, -0.1) is 0 Å². The van der Waals surface area contributed by atoms with E-state index in [2.05, 4.69) is 20.9 Å². The first-order valence-electron chi connectivity index (χ1n) is 8.28. The summed E-state index contributed by atoms with van der Waals surface area (Å²) in [7, 11) is 1.87. The van der Waals surface area contributed by atoms with Crippen molar-refractivity contribution in [1.29, 1.82) is 0 Å². The number of fused-ring (bicyclic) bond motifs is 1. The van der Waals surface area contributed by atoms with E-state index in [-0.39, 0.29) is 12.6 Å². The van der Waals surface area contributed by atoms with Crippen LogP contribution in [0.5, 0.6) is 5.88 Å². The van der Waals surface area contributed by atoms with Crippen LogP contribution in [0.15, 0.2) is 10.5 Å². The molecule has 0 bridgehead atoms. The first-order chi connectivity index (χ1) is 11.6. The molecule has 130 valence electrons. The summed E-state index contributed by atoms with van der Waals surface area (Å²) in [4.78, 5) is 17.0. The molecular formula is C17H22BrN3O3. The van der Waals surface area contributed by atoms with Crippen molar-refractivity contribution < 1.29 is 14.3 Å². The Kier molecular flexibility index (Phi) is 5.10. The molecule has 1 fully saturated rings. The lowest BCUT2D eigenvalue weighted by Crippen LogP contribution is -2.13. The Balaban J connectivity index is 2.11. The number of aryl methyl sites for hydroxylation is 1. The number of aromatic nitrogens is 2. The highest BCUT2D eigenvalue weighted by Gasteiger charge is 2.25. The van der Waals surface area contributed by atoms with Crippen molar-refractivity contribution in [2.24, 2.45) is 12.8 Å². The molecule has 0 aromatic carbocycles. The Bertz CT molecular complexity index is 766. The lowest BCUT2D eigenvalue weighted by atomic mass is 10.2. The van der Waals surface area contributed by atoms with Gasteiger partial charge < -0.3 is 19.8 Å². The molecule has 2 aromatic rings. The van der Waals surface area contributed by atoms with Crippen LogP contribution in [-0.2, 0) is 18.3 Å². The summed E-state index contributed by atoms with van der Waals surface area (Å²) in [6.45, 7) is 2.32. The van der Waals surface area contributed by atoms with E-state index in [1.807, 2.05) is 17.7 Å². The number of nitrogens with two attached hydrogens (primary N) is 1. The van der Waals surface area contributed by atoms with E-state index in [1.165, 1.54) is 12.8 Å². The lowest BCUT2D eigenvalue weighted by molar-refractivity contribution is 0.0527. The summed E-state index contributed by atoms with van der Waals surface area (Å²) < 4.78 is 13.9. The predicted molar refractivity (Wildman–Crippen MR) is 95.1 cm³/mol. The van der Waals surface area contributed by atoms with Gasteiger partial charge in [0.1, 0.15) is 17.2 Å². The van der Waals surface area contributed by atoms with E-state index in [0.717, 1.165) is 22.8 Å². The van der Waals surface area contributed by atoms with Crippen LogP contribution in [0.1, 0.15) is 48.7 Å². The van der Waals surface area contributed by atoms with Crippen LogP contribution in [0.25, 0.3) is 11.0 Å². The molecule has 0 atom stereocenters. The number of hydrogen-bond donors (Lipinski definition) is 1. The molecule has 0 spiro atoms. The molecule has 6 nitrogen and oxygen atoms in total. The lowest BCUT2D eigenvalue weighted by Gasteiger charge is -2.13. The van der Waals surface area contributed by atoms with Crippen molar-refractivity contribution in [3.63, 3.8) is 0 Å². The Morgan fingerprint density at radius 3 is 2.79 bits per heavy atom. The van der Waals surface area contributed by atoms with Crippen LogP contribution in [0, 0.1) is 0 Å². The van der Waals surface area contributed by atoms with Gasteiger partial charge >= 0.3 is 5.97 Å². The maximum atomic E-state index is 12.4. The molecule has 0 radical (unpaired) electrons. The van der Waals surface area contributed by atoms with E-state index in [4.69, 9.17) is 15.2 Å². The Morgan fingerprint density at radius 2 is 2.17 bits per heavy atom. The predicted octanol–water partition coefficient (Wildman–Crippen LogP) is 3.29. The molecule has 24 heavy (non-hydrogen) atoms. The van der Waals surface area contributed by atoms with Gasteiger partial charge in [0.25, 0.3) is 0 Å². The van der Waals surface area contributed by atoms with Gasteiger partial charge in [-0.2, -0.15) is 0 Å². The fourth-order valence-electron chi connectivity index (χ4n) is 3.26. The molecule has 0 aliphatic heterocycles. The summed E-state index contributed by atoms with van der Waals surface area (Å²) in [6.07, 6.45) is 4.64. The summed E-state index contributed by atoms with van der Waals surface area (Å²) >= 11 is 3.53. The van der Waals surface area contributed by atoms with Crippen LogP contribution in [0.2, 0.25) is 0 Å². The Labute approximate surface area is 149 Å². The van der Waals surface area contributed by atoms with Crippen LogP contribution >= 0.6 is 15.9 Å². The monoisotopic (exact) mass is 395 g/mol. The SMILES string of the molecule is CCOC(=O)c1c(CN)n(C)c2cc(Br)c(OC3CCCC3)nc12. The second kappa shape index (κ2) is 7.11. The van der Waals surface area contributed by atoms with E-state index in [0.29, 0.717) is 29.3 Å². The molecular weight excluding hydrogens is 374 g/mol. The molecule has 1 saturated carbocycles. The first kappa shape index (κ1) is 17.2. The number of carbonyl (C=O) groups excluding carboxylic acids is 1. The molecule has 0 unspecified atom stereocenters. The minimum atomic E-state index is -0.398. The molecule has 0 saturated heterocycles. The van der Waals surface area contributed by atoms with Crippen LogP contribution in [0.3, 0.4) is 0 Å². The Morgan fingerprint density at radius 1 is 1.46 bits per heavy atom. The van der Waals surface area contributed by atoms with Crippen molar-refractivity contribution >= 4 is 32.9 Å². The highest BCUT2D eigenvalue weighted by atomic mass is 79.9. The van der Waals surface area contributed by atoms with E-state index in [9.17, 15) is 4.79 Å².